The summed E-state index contributed by atoms with van der Waals surface area (Å²) in [5.74, 6) is -2.42. The zero-order valence-electron chi connectivity index (χ0n) is 19.3. The standard InChI is InChI=1S/C22H25F3N4O6/c1-4-15(30)28-21(22(23,24)25)16-17(26-19(21)32)29(20(33)27-18(16)31)10-9-12-7-8-13(34-5-2)14(11-12)35-6-3/h7-8,11H,4-6,9-10H2,1-3H3,(H,26,32)(H,28,30)(H,27,31,33)/t21-/m1/s1. The van der Waals surface area contributed by atoms with E-state index in [4.69, 9.17) is 9.47 Å². The van der Waals surface area contributed by atoms with Crippen molar-refractivity contribution in [2.24, 2.45) is 0 Å². The largest absolute Gasteiger partial charge is 0.490 e. The molecular formula is C22H25F3N4O6. The van der Waals surface area contributed by atoms with Crippen LogP contribution in [0.4, 0.5) is 19.0 Å². The van der Waals surface area contributed by atoms with Crippen LogP contribution in [0.2, 0.25) is 0 Å². The first-order chi connectivity index (χ1) is 16.5. The van der Waals surface area contributed by atoms with E-state index in [-0.39, 0.29) is 19.4 Å². The molecule has 1 aliphatic heterocycles. The molecule has 1 aromatic carbocycles. The van der Waals surface area contributed by atoms with E-state index in [1.54, 1.807) is 30.4 Å². The maximum absolute atomic E-state index is 14.2. The zero-order chi connectivity index (χ0) is 26.0. The van der Waals surface area contributed by atoms with Crippen LogP contribution in [0, 0.1) is 0 Å². The molecule has 190 valence electrons. The van der Waals surface area contributed by atoms with Gasteiger partial charge in [0, 0.05) is 13.0 Å². The number of benzene rings is 1. The predicted octanol–water partition coefficient (Wildman–Crippen LogP) is 1.81. The second-order valence-electron chi connectivity index (χ2n) is 7.64. The number of anilines is 1. The Morgan fingerprint density at radius 1 is 1.09 bits per heavy atom. The number of alkyl halides is 3. The third-order valence-corrected chi connectivity index (χ3v) is 5.45. The minimum atomic E-state index is -5.36. The quantitative estimate of drug-likeness (QED) is 0.483. The number of hydrogen-bond acceptors (Lipinski definition) is 6. The summed E-state index contributed by atoms with van der Waals surface area (Å²) in [6.07, 6.45) is -5.58. The Kier molecular flexibility index (Phi) is 7.27. The van der Waals surface area contributed by atoms with Crippen LogP contribution in [0.3, 0.4) is 0 Å². The van der Waals surface area contributed by atoms with Crippen LogP contribution in [0.15, 0.2) is 27.8 Å². The van der Waals surface area contributed by atoms with Crippen molar-refractivity contribution < 1.29 is 32.2 Å². The summed E-state index contributed by atoms with van der Waals surface area (Å²) >= 11 is 0. The van der Waals surface area contributed by atoms with E-state index >= 15 is 0 Å². The van der Waals surface area contributed by atoms with E-state index in [1.165, 1.54) is 6.92 Å². The first kappa shape index (κ1) is 25.8. The van der Waals surface area contributed by atoms with Crippen LogP contribution >= 0.6 is 0 Å². The van der Waals surface area contributed by atoms with Crippen molar-refractivity contribution in [2.45, 2.75) is 51.9 Å². The monoisotopic (exact) mass is 498 g/mol. The summed E-state index contributed by atoms with van der Waals surface area (Å²) in [6, 6.07) is 5.04. The molecule has 0 fully saturated rings. The van der Waals surface area contributed by atoms with Gasteiger partial charge in [-0.1, -0.05) is 13.0 Å². The number of halogens is 3. The van der Waals surface area contributed by atoms with Gasteiger partial charge in [0.15, 0.2) is 11.5 Å². The van der Waals surface area contributed by atoms with Gasteiger partial charge in [-0.3, -0.25) is 23.9 Å². The average molecular weight is 498 g/mol. The number of nitrogens with zero attached hydrogens (tertiary/aromatic N) is 1. The molecule has 35 heavy (non-hydrogen) atoms. The van der Waals surface area contributed by atoms with Crippen LogP contribution in [0.1, 0.15) is 38.3 Å². The van der Waals surface area contributed by atoms with E-state index in [9.17, 15) is 32.3 Å². The lowest BCUT2D eigenvalue weighted by Gasteiger charge is -2.29. The third-order valence-electron chi connectivity index (χ3n) is 5.45. The first-order valence-corrected chi connectivity index (χ1v) is 10.9. The lowest BCUT2D eigenvalue weighted by molar-refractivity contribution is -0.200. The van der Waals surface area contributed by atoms with E-state index in [0.29, 0.717) is 30.3 Å². The van der Waals surface area contributed by atoms with Crippen molar-refractivity contribution in [3.05, 3.63) is 50.2 Å². The molecule has 3 N–H and O–H groups in total. The highest BCUT2D eigenvalue weighted by Gasteiger charge is 2.68. The molecule has 3 rings (SSSR count). The molecule has 0 aliphatic carbocycles. The SMILES string of the molecule is CCOc1ccc(CCn2c3c(c(=O)[nH]c2=O)[C@](NC(=O)CC)(C(F)(F)F)C(=O)N3)cc1OCC. The highest BCUT2D eigenvalue weighted by molar-refractivity contribution is 6.07. The summed E-state index contributed by atoms with van der Waals surface area (Å²) in [4.78, 5) is 51.4. The molecule has 2 heterocycles. The summed E-state index contributed by atoms with van der Waals surface area (Å²) in [5.41, 5.74) is -6.48. The van der Waals surface area contributed by atoms with Crippen LogP contribution < -0.4 is 31.4 Å². The number of aryl methyl sites for hydroxylation is 1. The van der Waals surface area contributed by atoms with E-state index in [0.717, 1.165) is 4.57 Å². The van der Waals surface area contributed by atoms with Gasteiger partial charge < -0.3 is 20.1 Å². The summed E-state index contributed by atoms with van der Waals surface area (Å²) < 4.78 is 54.4. The maximum Gasteiger partial charge on any atom is 0.425 e. The van der Waals surface area contributed by atoms with Crippen molar-refractivity contribution in [1.82, 2.24) is 14.9 Å². The highest BCUT2D eigenvalue weighted by Crippen LogP contribution is 2.45. The minimum Gasteiger partial charge on any atom is -0.490 e. The van der Waals surface area contributed by atoms with E-state index in [2.05, 4.69) is 0 Å². The van der Waals surface area contributed by atoms with Crippen LogP contribution in [-0.2, 0) is 28.1 Å². The Labute approximate surface area is 197 Å². The summed E-state index contributed by atoms with van der Waals surface area (Å²) in [6.45, 7) is 5.49. The van der Waals surface area contributed by atoms with Crippen molar-refractivity contribution >= 4 is 17.6 Å². The number of fused-ring (bicyclic) bond motifs is 1. The second-order valence-corrected chi connectivity index (χ2v) is 7.64. The molecule has 1 aliphatic rings. The molecule has 1 aromatic heterocycles. The van der Waals surface area contributed by atoms with Gasteiger partial charge in [-0.2, -0.15) is 13.2 Å². The fourth-order valence-electron chi connectivity index (χ4n) is 3.83. The molecule has 2 amide bonds. The predicted molar refractivity (Wildman–Crippen MR) is 119 cm³/mol. The number of rotatable bonds is 9. The fourth-order valence-corrected chi connectivity index (χ4v) is 3.83. The molecule has 13 heteroatoms. The number of carbonyl (C=O) groups excluding carboxylic acids is 2. The number of aromatic amines is 1. The van der Waals surface area contributed by atoms with E-state index in [1.807, 2.05) is 17.2 Å². The van der Waals surface area contributed by atoms with Gasteiger partial charge in [-0.05, 0) is 38.0 Å². The Balaban J connectivity index is 2.06. The van der Waals surface area contributed by atoms with Crippen molar-refractivity contribution in [1.29, 1.82) is 0 Å². The summed E-state index contributed by atoms with van der Waals surface area (Å²) in [5, 5.41) is 3.64. The third kappa shape index (κ3) is 4.62. The number of ether oxygens (including phenoxy) is 2. The number of amides is 2. The minimum absolute atomic E-state index is 0.140. The number of carbonyl (C=O) groups is 2. The molecule has 0 saturated carbocycles. The number of hydrogen-bond donors (Lipinski definition) is 3. The van der Waals surface area contributed by atoms with E-state index < -0.39 is 46.2 Å². The number of aromatic nitrogens is 2. The molecule has 0 bridgehead atoms. The van der Waals surface area contributed by atoms with Crippen LogP contribution in [-0.4, -0.2) is 40.8 Å². The van der Waals surface area contributed by atoms with Gasteiger partial charge in [-0.25, -0.2) is 4.79 Å². The molecule has 2 aromatic rings. The van der Waals surface area contributed by atoms with Gasteiger partial charge in [0.05, 0.1) is 13.2 Å². The smallest absolute Gasteiger partial charge is 0.425 e. The summed E-state index contributed by atoms with van der Waals surface area (Å²) in [7, 11) is 0. The molecular weight excluding hydrogens is 473 g/mol. The second kappa shape index (κ2) is 9.84. The Bertz CT molecular complexity index is 1250. The molecule has 0 unspecified atom stereocenters. The topological polar surface area (TPSA) is 132 Å². The molecule has 0 saturated heterocycles. The van der Waals surface area contributed by atoms with Gasteiger partial charge in [0.2, 0.25) is 11.4 Å². The molecule has 1 atom stereocenters. The van der Waals surface area contributed by atoms with Gasteiger partial charge in [0.25, 0.3) is 11.5 Å². The average Bonchev–Trinajstić information content (AvgIpc) is 3.08. The van der Waals surface area contributed by atoms with Crippen LogP contribution in [0.5, 0.6) is 11.5 Å². The Hall–Kier alpha value is -3.77. The number of H-pyrrole nitrogens is 1. The van der Waals surface area contributed by atoms with Crippen molar-refractivity contribution in [2.75, 3.05) is 18.5 Å². The maximum atomic E-state index is 14.2. The fraction of sp³-hybridized carbons (Fsp3) is 0.455. The highest BCUT2D eigenvalue weighted by atomic mass is 19.4. The van der Waals surface area contributed by atoms with Crippen LogP contribution in [0.25, 0.3) is 0 Å². The molecule has 0 spiro atoms. The molecule has 0 radical (unpaired) electrons. The zero-order valence-corrected chi connectivity index (χ0v) is 19.3. The normalized spacial score (nSPS) is 17.0. The molecule has 10 nitrogen and oxygen atoms in total. The Morgan fingerprint density at radius 3 is 2.34 bits per heavy atom. The first-order valence-electron chi connectivity index (χ1n) is 10.9. The van der Waals surface area contributed by atoms with Crippen molar-refractivity contribution in [3.63, 3.8) is 0 Å². The lowest BCUT2D eigenvalue weighted by Crippen LogP contribution is -2.62. The van der Waals surface area contributed by atoms with Gasteiger partial charge >= 0.3 is 11.9 Å². The Morgan fingerprint density at radius 2 is 1.74 bits per heavy atom. The lowest BCUT2D eigenvalue weighted by atomic mass is 9.91. The van der Waals surface area contributed by atoms with Crippen molar-refractivity contribution in [3.8, 4) is 11.5 Å². The number of nitrogens with one attached hydrogen (secondary N) is 3. The van der Waals surface area contributed by atoms with Gasteiger partial charge in [0.1, 0.15) is 11.4 Å². The van der Waals surface area contributed by atoms with Gasteiger partial charge in [-0.15, -0.1) is 0 Å².